The van der Waals surface area contributed by atoms with Crippen LogP contribution in [0.5, 0.6) is 0 Å². The Morgan fingerprint density at radius 1 is 1.30 bits per heavy atom. The van der Waals surface area contributed by atoms with Gasteiger partial charge in [0.25, 0.3) is 0 Å². The van der Waals surface area contributed by atoms with Gasteiger partial charge < -0.3 is 10.6 Å². The van der Waals surface area contributed by atoms with Crippen LogP contribution in [0, 0.1) is 11.3 Å². The highest BCUT2D eigenvalue weighted by molar-refractivity contribution is 7.80. The number of amides is 1. The number of nitrogens with one attached hydrogen (secondary N) is 2. The van der Waals surface area contributed by atoms with Crippen molar-refractivity contribution in [3.05, 3.63) is 29.8 Å². The van der Waals surface area contributed by atoms with Gasteiger partial charge in [-0.1, -0.05) is 38.3 Å². The first-order valence-electron chi connectivity index (χ1n) is 6.77. The Morgan fingerprint density at radius 2 is 2.05 bits per heavy atom. The van der Waals surface area contributed by atoms with Gasteiger partial charge in [-0.3, -0.25) is 4.79 Å². The molecule has 0 fully saturated rings. The number of hydrogen-bond acceptors (Lipinski definition) is 3. The standard InChI is InChI=1S/C15H19N3OS/c1-2-3-4-5-10-14(19)18-15(20)17-13-9-7-6-8-12(13)11-16/h6-9H,2-5,10H2,1H3,(H2,17,18,19,20). The van der Waals surface area contributed by atoms with E-state index in [1.54, 1.807) is 24.3 Å². The van der Waals surface area contributed by atoms with E-state index in [4.69, 9.17) is 17.5 Å². The summed E-state index contributed by atoms with van der Waals surface area (Å²) >= 11 is 5.07. The first-order chi connectivity index (χ1) is 9.67. The maximum atomic E-state index is 11.7. The van der Waals surface area contributed by atoms with Crippen LogP contribution in [0.3, 0.4) is 0 Å². The Balaban J connectivity index is 2.40. The van der Waals surface area contributed by atoms with Crippen LogP contribution in [-0.4, -0.2) is 11.0 Å². The number of anilines is 1. The SMILES string of the molecule is CCCCCCC(=O)NC(=S)Nc1ccccc1C#N. The smallest absolute Gasteiger partial charge is 0.226 e. The summed E-state index contributed by atoms with van der Waals surface area (Å²) in [5, 5.41) is 14.7. The number of nitriles is 1. The van der Waals surface area contributed by atoms with Crippen molar-refractivity contribution in [3.63, 3.8) is 0 Å². The topological polar surface area (TPSA) is 64.9 Å². The molecular weight excluding hydrogens is 270 g/mol. The average molecular weight is 289 g/mol. The Kier molecular flexibility index (Phi) is 7.30. The fourth-order valence-corrected chi connectivity index (χ4v) is 1.97. The minimum Gasteiger partial charge on any atom is -0.331 e. The minimum atomic E-state index is -0.0898. The molecule has 0 bridgehead atoms. The van der Waals surface area contributed by atoms with Crippen LogP contribution in [0.4, 0.5) is 5.69 Å². The normalized spacial score (nSPS) is 9.60. The van der Waals surface area contributed by atoms with Crippen LogP contribution in [0.2, 0.25) is 0 Å². The lowest BCUT2D eigenvalue weighted by molar-refractivity contribution is -0.119. The highest BCUT2D eigenvalue weighted by atomic mass is 32.1. The molecule has 0 unspecified atom stereocenters. The predicted octanol–water partition coefficient (Wildman–Crippen LogP) is 3.34. The van der Waals surface area contributed by atoms with Crippen molar-refractivity contribution in [1.82, 2.24) is 5.32 Å². The van der Waals surface area contributed by atoms with E-state index in [1.165, 1.54) is 0 Å². The van der Waals surface area contributed by atoms with Gasteiger partial charge in [-0.25, -0.2) is 0 Å². The molecule has 0 saturated carbocycles. The number of hydrogen-bond donors (Lipinski definition) is 2. The first kappa shape index (κ1) is 16.1. The molecule has 1 aromatic carbocycles. The summed E-state index contributed by atoms with van der Waals surface area (Å²) in [4.78, 5) is 11.7. The van der Waals surface area contributed by atoms with Crippen molar-refractivity contribution >= 4 is 28.9 Å². The number of carbonyl (C=O) groups excluding carboxylic acids is 1. The number of nitrogens with zero attached hydrogens (tertiary/aromatic N) is 1. The number of para-hydroxylation sites is 1. The van der Waals surface area contributed by atoms with Crippen LogP contribution < -0.4 is 10.6 Å². The highest BCUT2D eigenvalue weighted by Crippen LogP contribution is 2.13. The van der Waals surface area contributed by atoms with Crippen molar-refractivity contribution in [2.45, 2.75) is 39.0 Å². The Morgan fingerprint density at radius 3 is 2.75 bits per heavy atom. The maximum absolute atomic E-state index is 11.7. The molecule has 1 aromatic rings. The zero-order chi connectivity index (χ0) is 14.8. The molecule has 0 spiro atoms. The van der Waals surface area contributed by atoms with Crippen LogP contribution in [0.15, 0.2) is 24.3 Å². The van der Waals surface area contributed by atoms with E-state index in [9.17, 15) is 4.79 Å². The number of thiocarbonyl (C=S) groups is 1. The van der Waals surface area contributed by atoms with Crippen molar-refractivity contribution in [2.24, 2.45) is 0 Å². The Bertz CT molecular complexity index is 508. The molecule has 5 heteroatoms. The molecule has 2 N–H and O–H groups in total. The van der Waals surface area contributed by atoms with Crippen LogP contribution in [-0.2, 0) is 4.79 Å². The number of benzene rings is 1. The molecule has 4 nitrogen and oxygen atoms in total. The van der Waals surface area contributed by atoms with Gasteiger partial charge in [0.05, 0.1) is 11.3 Å². The molecule has 20 heavy (non-hydrogen) atoms. The number of carbonyl (C=O) groups is 1. The summed E-state index contributed by atoms with van der Waals surface area (Å²) in [5.74, 6) is -0.0898. The van der Waals surface area contributed by atoms with Crippen LogP contribution in [0.1, 0.15) is 44.6 Å². The van der Waals surface area contributed by atoms with E-state index >= 15 is 0 Å². The first-order valence-corrected chi connectivity index (χ1v) is 7.18. The van der Waals surface area contributed by atoms with Crippen molar-refractivity contribution < 1.29 is 4.79 Å². The number of unbranched alkanes of at least 4 members (excludes halogenated alkanes) is 3. The lowest BCUT2D eigenvalue weighted by Crippen LogP contribution is -2.34. The van der Waals surface area contributed by atoms with Crippen LogP contribution in [0.25, 0.3) is 0 Å². The molecule has 1 rings (SSSR count). The van der Waals surface area contributed by atoms with Gasteiger partial charge in [-0.15, -0.1) is 0 Å². The molecule has 1 amide bonds. The second-order valence-electron chi connectivity index (χ2n) is 4.47. The molecular formula is C15H19N3OS. The van der Waals surface area contributed by atoms with E-state index in [0.29, 0.717) is 17.7 Å². The highest BCUT2D eigenvalue weighted by Gasteiger charge is 2.06. The molecule has 0 aliphatic heterocycles. The van der Waals surface area contributed by atoms with E-state index in [-0.39, 0.29) is 11.0 Å². The molecule has 0 saturated heterocycles. The van der Waals surface area contributed by atoms with Gasteiger partial charge >= 0.3 is 0 Å². The third-order valence-corrected chi connectivity index (χ3v) is 3.01. The molecule has 0 atom stereocenters. The summed E-state index contributed by atoms with van der Waals surface area (Å²) in [5.41, 5.74) is 1.10. The fourth-order valence-electron chi connectivity index (χ4n) is 1.74. The zero-order valence-electron chi connectivity index (χ0n) is 11.6. The van der Waals surface area contributed by atoms with Crippen molar-refractivity contribution in [1.29, 1.82) is 5.26 Å². The molecule has 0 radical (unpaired) electrons. The van der Waals surface area contributed by atoms with E-state index in [0.717, 1.165) is 25.7 Å². The summed E-state index contributed by atoms with van der Waals surface area (Å²) in [6.45, 7) is 2.13. The van der Waals surface area contributed by atoms with E-state index in [2.05, 4.69) is 23.6 Å². The minimum absolute atomic E-state index is 0.0898. The van der Waals surface area contributed by atoms with Gasteiger partial charge in [-0.2, -0.15) is 5.26 Å². The monoisotopic (exact) mass is 289 g/mol. The molecule has 0 aromatic heterocycles. The second kappa shape index (κ2) is 9.05. The van der Waals surface area contributed by atoms with Gasteiger partial charge in [-0.05, 0) is 30.8 Å². The van der Waals surface area contributed by atoms with E-state index in [1.807, 2.05) is 0 Å². The number of rotatable bonds is 6. The summed E-state index contributed by atoms with van der Waals surface area (Å²) < 4.78 is 0. The predicted molar refractivity (Wildman–Crippen MR) is 84.3 cm³/mol. The summed E-state index contributed by atoms with van der Waals surface area (Å²) in [6, 6.07) is 9.09. The Labute approximate surface area is 125 Å². The maximum Gasteiger partial charge on any atom is 0.226 e. The van der Waals surface area contributed by atoms with Gasteiger partial charge in [0.2, 0.25) is 5.91 Å². The zero-order valence-corrected chi connectivity index (χ0v) is 12.4. The lowest BCUT2D eigenvalue weighted by Gasteiger charge is -2.10. The quantitative estimate of drug-likeness (QED) is 0.622. The van der Waals surface area contributed by atoms with Crippen LogP contribution >= 0.6 is 12.2 Å². The third kappa shape index (κ3) is 5.81. The molecule has 106 valence electrons. The van der Waals surface area contributed by atoms with Gasteiger partial charge in [0.1, 0.15) is 6.07 Å². The van der Waals surface area contributed by atoms with Crippen molar-refractivity contribution in [3.8, 4) is 6.07 Å². The van der Waals surface area contributed by atoms with Gasteiger partial charge in [0.15, 0.2) is 5.11 Å². The summed E-state index contributed by atoms with van der Waals surface area (Å²) in [6.07, 6.45) is 4.69. The van der Waals surface area contributed by atoms with Gasteiger partial charge in [0, 0.05) is 6.42 Å². The second-order valence-corrected chi connectivity index (χ2v) is 4.88. The molecule has 0 aliphatic rings. The third-order valence-electron chi connectivity index (χ3n) is 2.81. The average Bonchev–Trinajstić information content (AvgIpc) is 2.44. The fraction of sp³-hybridized carbons (Fsp3) is 0.400. The molecule has 0 aliphatic carbocycles. The Hall–Kier alpha value is -1.93. The lowest BCUT2D eigenvalue weighted by atomic mass is 10.1. The van der Waals surface area contributed by atoms with E-state index < -0.39 is 0 Å². The summed E-state index contributed by atoms with van der Waals surface area (Å²) in [7, 11) is 0. The largest absolute Gasteiger partial charge is 0.331 e. The molecule has 0 heterocycles. The van der Waals surface area contributed by atoms with Crippen molar-refractivity contribution in [2.75, 3.05) is 5.32 Å².